The zero-order chi connectivity index (χ0) is 16.2. The van der Waals surface area contributed by atoms with Gasteiger partial charge in [-0.05, 0) is 36.3 Å². The summed E-state index contributed by atoms with van der Waals surface area (Å²) >= 11 is 0. The molecule has 0 unspecified atom stereocenters. The third-order valence-electron chi connectivity index (χ3n) is 4.51. The van der Waals surface area contributed by atoms with Crippen LogP contribution in [0.4, 0.5) is 10.5 Å². The molecular formula is C19H30N2O. The molecule has 1 aliphatic rings. The van der Waals surface area contributed by atoms with E-state index >= 15 is 0 Å². The van der Waals surface area contributed by atoms with Gasteiger partial charge in [0.25, 0.3) is 0 Å². The third kappa shape index (κ3) is 4.49. The minimum atomic E-state index is -0.0632. The number of aryl methyl sites for hydroxylation is 1. The Balaban J connectivity index is 2.08. The molecular weight excluding hydrogens is 272 g/mol. The molecule has 1 aromatic carbocycles. The number of carbonyl (C=O) groups excluding carboxylic acids is 1. The van der Waals surface area contributed by atoms with Crippen molar-refractivity contribution >= 4 is 11.7 Å². The van der Waals surface area contributed by atoms with Crippen LogP contribution in [0.25, 0.3) is 0 Å². The number of benzene rings is 1. The van der Waals surface area contributed by atoms with Crippen molar-refractivity contribution in [2.75, 3.05) is 5.32 Å². The molecule has 122 valence electrons. The molecule has 0 atom stereocenters. The van der Waals surface area contributed by atoms with Crippen molar-refractivity contribution in [3.63, 3.8) is 0 Å². The summed E-state index contributed by atoms with van der Waals surface area (Å²) in [7, 11) is 0. The molecule has 1 aromatic rings. The SMILES string of the molecule is Cc1cccc(C(C)(C)C)c1NC(=O)NC1CCCCCC1. The van der Waals surface area contributed by atoms with Gasteiger partial charge in [-0.3, -0.25) is 0 Å². The van der Waals surface area contributed by atoms with Crippen LogP contribution in [0, 0.1) is 6.92 Å². The van der Waals surface area contributed by atoms with Gasteiger partial charge >= 0.3 is 6.03 Å². The molecule has 0 bridgehead atoms. The normalized spacial score (nSPS) is 16.9. The van der Waals surface area contributed by atoms with E-state index in [1.807, 2.05) is 0 Å². The fraction of sp³-hybridized carbons (Fsp3) is 0.632. The van der Waals surface area contributed by atoms with Crippen LogP contribution in [-0.4, -0.2) is 12.1 Å². The van der Waals surface area contributed by atoms with E-state index in [1.54, 1.807) is 0 Å². The average Bonchev–Trinajstić information content (AvgIpc) is 2.68. The molecule has 2 rings (SSSR count). The van der Waals surface area contributed by atoms with Gasteiger partial charge in [-0.1, -0.05) is 64.7 Å². The summed E-state index contributed by atoms with van der Waals surface area (Å²) in [4.78, 5) is 12.4. The lowest BCUT2D eigenvalue weighted by Crippen LogP contribution is -2.38. The molecule has 2 amide bonds. The molecule has 3 nitrogen and oxygen atoms in total. The van der Waals surface area contributed by atoms with E-state index in [4.69, 9.17) is 0 Å². The summed E-state index contributed by atoms with van der Waals surface area (Å²) in [5.41, 5.74) is 3.27. The predicted octanol–water partition coefficient (Wildman–Crippen LogP) is 5.14. The van der Waals surface area contributed by atoms with Crippen molar-refractivity contribution in [1.29, 1.82) is 0 Å². The zero-order valence-corrected chi connectivity index (χ0v) is 14.5. The number of nitrogens with one attached hydrogen (secondary N) is 2. The summed E-state index contributed by atoms with van der Waals surface area (Å²) in [6.45, 7) is 8.58. The first-order chi connectivity index (χ1) is 10.4. The van der Waals surface area contributed by atoms with E-state index in [0.717, 1.165) is 24.1 Å². The lowest BCUT2D eigenvalue weighted by atomic mass is 9.84. The molecule has 0 saturated heterocycles. The largest absolute Gasteiger partial charge is 0.335 e. The van der Waals surface area contributed by atoms with Crippen LogP contribution in [0.15, 0.2) is 18.2 Å². The van der Waals surface area contributed by atoms with E-state index in [-0.39, 0.29) is 11.4 Å². The van der Waals surface area contributed by atoms with Crippen LogP contribution < -0.4 is 10.6 Å². The fourth-order valence-electron chi connectivity index (χ4n) is 3.22. The Morgan fingerprint density at radius 3 is 2.32 bits per heavy atom. The molecule has 1 fully saturated rings. The summed E-state index contributed by atoms with van der Waals surface area (Å²) in [6.07, 6.45) is 7.25. The molecule has 0 radical (unpaired) electrons. The second-order valence-corrected chi connectivity index (χ2v) is 7.53. The first-order valence-electron chi connectivity index (χ1n) is 8.55. The summed E-state index contributed by atoms with van der Waals surface area (Å²) < 4.78 is 0. The smallest absolute Gasteiger partial charge is 0.319 e. The zero-order valence-electron chi connectivity index (χ0n) is 14.5. The molecule has 3 heteroatoms. The van der Waals surface area contributed by atoms with Crippen molar-refractivity contribution in [1.82, 2.24) is 5.32 Å². The van der Waals surface area contributed by atoms with Gasteiger partial charge < -0.3 is 10.6 Å². The van der Waals surface area contributed by atoms with Gasteiger partial charge in [0.2, 0.25) is 0 Å². The number of rotatable bonds is 2. The highest BCUT2D eigenvalue weighted by Crippen LogP contribution is 2.31. The second-order valence-electron chi connectivity index (χ2n) is 7.53. The number of para-hydroxylation sites is 1. The van der Waals surface area contributed by atoms with Gasteiger partial charge in [0, 0.05) is 11.7 Å². The Morgan fingerprint density at radius 1 is 1.09 bits per heavy atom. The van der Waals surface area contributed by atoms with Crippen LogP contribution >= 0.6 is 0 Å². The van der Waals surface area contributed by atoms with E-state index in [0.29, 0.717) is 6.04 Å². The van der Waals surface area contributed by atoms with E-state index < -0.39 is 0 Å². The molecule has 2 N–H and O–H groups in total. The van der Waals surface area contributed by atoms with Crippen molar-refractivity contribution < 1.29 is 4.79 Å². The van der Waals surface area contributed by atoms with Crippen LogP contribution in [0.3, 0.4) is 0 Å². The van der Waals surface area contributed by atoms with Crippen LogP contribution in [-0.2, 0) is 5.41 Å². The summed E-state index contributed by atoms with van der Waals surface area (Å²) in [6, 6.07) is 6.48. The minimum Gasteiger partial charge on any atom is -0.335 e. The van der Waals surface area contributed by atoms with Crippen molar-refractivity contribution in [3.8, 4) is 0 Å². The number of hydrogen-bond acceptors (Lipinski definition) is 1. The Bertz CT molecular complexity index is 509. The van der Waals surface area contributed by atoms with Gasteiger partial charge in [0.05, 0.1) is 0 Å². The molecule has 1 saturated carbocycles. The predicted molar refractivity (Wildman–Crippen MR) is 93.5 cm³/mol. The fourth-order valence-corrected chi connectivity index (χ4v) is 3.22. The van der Waals surface area contributed by atoms with Crippen molar-refractivity contribution in [2.45, 2.75) is 77.7 Å². The summed E-state index contributed by atoms with van der Waals surface area (Å²) in [5, 5.41) is 6.27. The van der Waals surface area contributed by atoms with Gasteiger partial charge in [0.1, 0.15) is 0 Å². The first-order valence-corrected chi connectivity index (χ1v) is 8.55. The first kappa shape index (κ1) is 16.9. The Labute approximate surface area is 134 Å². The van der Waals surface area contributed by atoms with Gasteiger partial charge in [-0.25, -0.2) is 4.79 Å². The average molecular weight is 302 g/mol. The highest BCUT2D eigenvalue weighted by molar-refractivity contribution is 5.91. The summed E-state index contributed by atoms with van der Waals surface area (Å²) in [5.74, 6) is 0. The topological polar surface area (TPSA) is 41.1 Å². The molecule has 0 heterocycles. The van der Waals surface area contributed by atoms with E-state index in [9.17, 15) is 4.79 Å². The Kier molecular flexibility index (Phi) is 5.49. The van der Waals surface area contributed by atoms with Gasteiger partial charge in [-0.15, -0.1) is 0 Å². The number of amides is 2. The van der Waals surface area contributed by atoms with Crippen molar-refractivity contribution in [3.05, 3.63) is 29.3 Å². The van der Waals surface area contributed by atoms with E-state index in [1.165, 1.54) is 31.2 Å². The van der Waals surface area contributed by atoms with Crippen LogP contribution in [0.2, 0.25) is 0 Å². The van der Waals surface area contributed by atoms with Crippen LogP contribution in [0.5, 0.6) is 0 Å². The Hall–Kier alpha value is -1.51. The molecule has 0 aliphatic heterocycles. The van der Waals surface area contributed by atoms with Gasteiger partial charge in [0.15, 0.2) is 0 Å². The monoisotopic (exact) mass is 302 g/mol. The highest BCUT2D eigenvalue weighted by Gasteiger charge is 2.21. The van der Waals surface area contributed by atoms with Crippen LogP contribution in [0.1, 0.15) is 70.4 Å². The number of anilines is 1. The highest BCUT2D eigenvalue weighted by atomic mass is 16.2. The molecule has 22 heavy (non-hydrogen) atoms. The van der Waals surface area contributed by atoms with Crippen molar-refractivity contribution in [2.24, 2.45) is 0 Å². The number of carbonyl (C=O) groups is 1. The Morgan fingerprint density at radius 2 is 1.73 bits per heavy atom. The maximum Gasteiger partial charge on any atom is 0.319 e. The quantitative estimate of drug-likeness (QED) is 0.730. The lowest BCUT2D eigenvalue weighted by molar-refractivity contribution is 0.247. The molecule has 0 aromatic heterocycles. The van der Waals surface area contributed by atoms with E-state index in [2.05, 4.69) is 56.5 Å². The number of urea groups is 1. The third-order valence-corrected chi connectivity index (χ3v) is 4.51. The molecule has 0 spiro atoms. The van der Waals surface area contributed by atoms with Gasteiger partial charge in [-0.2, -0.15) is 0 Å². The standard InChI is InChI=1S/C19H30N2O/c1-14-10-9-13-16(19(2,3)4)17(14)21-18(22)20-15-11-7-5-6-8-12-15/h9-10,13,15H,5-8,11-12H2,1-4H3,(H2,20,21,22). The maximum atomic E-state index is 12.4. The minimum absolute atomic E-state index is 0.0109. The lowest BCUT2D eigenvalue weighted by Gasteiger charge is -2.25. The second kappa shape index (κ2) is 7.17. The molecule has 1 aliphatic carbocycles. The maximum absolute atomic E-state index is 12.4. The number of hydrogen-bond donors (Lipinski definition) is 2.